The average Bonchev–Trinajstić information content (AvgIpc) is 2.55. The van der Waals surface area contributed by atoms with E-state index >= 15 is 0 Å². The normalized spacial score (nSPS) is 10.1. The highest BCUT2D eigenvalue weighted by molar-refractivity contribution is 7.71. The Kier molecular flexibility index (Phi) is 7.97. The highest BCUT2D eigenvalue weighted by Crippen LogP contribution is 2.32. The van der Waals surface area contributed by atoms with E-state index in [1.54, 1.807) is 26.4 Å². The van der Waals surface area contributed by atoms with Crippen LogP contribution in [0.4, 0.5) is 0 Å². The number of aromatic amines is 1. The number of ether oxygens (including phenoxy) is 2. The molecule has 0 amide bonds. The van der Waals surface area contributed by atoms with Crippen molar-refractivity contribution in [1.82, 2.24) is 14.9 Å². The Bertz CT molecular complexity index is 789. The fraction of sp³-hybridized carbons (Fsp3) is 0.375. The average molecular weight is 372 g/mol. The Morgan fingerprint density at radius 1 is 1.25 bits per heavy atom. The quantitative estimate of drug-likeness (QED) is 0.578. The number of H-pyrrole nitrogens is 1. The minimum atomic E-state index is -0.229. The molecule has 132 valence electrons. The zero-order chi connectivity index (χ0) is 16.8. The van der Waals surface area contributed by atoms with Gasteiger partial charge in [0.25, 0.3) is 5.56 Å². The lowest BCUT2D eigenvalue weighted by Crippen LogP contribution is -2.17. The number of rotatable bonds is 7. The fourth-order valence-electron chi connectivity index (χ4n) is 2.39. The van der Waals surface area contributed by atoms with E-state index in [0.29, 0.717) is 22.8 Å². The summed E-state index contributed by atoms with van der Waals surface area (Å²) >= 11 is 5.33. The molecule has 2 rings (SSSR count). The second-order valence-electron chi connectivity index (χ2n) is 5.00. The summed E-state index contributed by atoms with van der Waals surface area (Å²) in [5, 5.41) is 3.11. The van der Waals surface area contributed by atoms with Gasteiger partial charge in [0, 0.05) is 24.2 Å². The summed E-state index contributed by atoms with van der Waals surface area (Å²) in [6, 6.07) is 7.03. The zero-order valence-corrected chi connectivity index (χ0v) is 15.6. The van der Waals surface area contributed by atoms with Gasteiger partial charge in [0.05, 0.1) is 19.9 Å². The molecule has 0 aliphatic heterocycles. The molecule has 0 saturated heterocycles. The number of hydrogen-bond donors (Lipinski definition) is 2. The number of halogens is 1. The molecule has 1 aromatic carbocycles. The minimum Gasteiger partial charge on any atom is -0.497 e. The molecule has 8 heteroatoms. The molecule has 1 aromatic heterocycles. The molecule has 6 nitrogen and oxygen atoms in total. The van der Waals surface area contributed by atoms with Gasteiger partial charge in [0.2, 0.25) is 0 Å². The summed E-state index contributed by atoms with van der Waals surface area (Å²) in [5.74, 6) is 1.32. The van der Waals surface area contributed by atoms with Crippen LogP contribution in [0.1, 0.15) is 6.42 Å². The number of methoxy groups -OCH3 is 2. The summed E-state index contributed by atoms with van der Waals surface area (Å²) in [4.78, 5) is 14.5. The monoisotopic (exact) mass is 371 g/mol. The van der Waals surface area contributed by atoms with E-state index < -0.39 is 0 Å². The lowest BCUT2D eigenvalue weighted by Gasteiger charge is -2.16. The van der Waals surface area contributed by atoms with Crippen molar-refractivity contribution in [2.45, 2.75) is 13.0 Å². The van der Waals surface area contributed by atoms with Crippen molar-refractivity contribution in [2.75, 3.05) is 27.8 Å². The lowest BCUT2D eigenvalue weighted by molar-refractivity contribution is 0.395. The van der Waals surface area contributed by atoms with E-state index in [-0.39, 0.29) is 18.0 Å². The van der Waals surface area contributed by atoms with Crippen LogP contribution in [0.2, 0.25) is 0 Å². The van der Waals surface area contributed by atoms with Crippen molar-refractivity contribution in [2.24, 2.45) is 0 Å². The van der Waals surface area contributed by atoms with Crippen molar-refractivity contribution in [3.63, 3.8) is 0 Å². The van der Waals surface area contributed by atoms with E-state index in [1.807, 2.05) is 23.7 Å². The summed E-state index contributed by atoms with van der Waals surface area (Å²) in [6.07, 6.45) is 0.891. The Balaban J connectivity index is 0.00000288. The van der Waals surface area contributed by atoms with Gasteiger partial charge in [-0.05, 0) is 44.4 Å². The molecule has 1 heterocycles. The highest BCUT2D eigenvalue weighted by Gasteiger charge is 2.13. The van der Waals surface area contributed by atoms with Gasteiger partial charge in [-0.3, -0.25) is 9.78 Å². The van der Waals surface area contributed by atoms with Gasteiger partial charge in [-0.25, -0.2) is 0 Å². The van der Waals surface area contributed by atoms with Crippen LogP contribution in [0.25, 0.3) is 11.3 Å². The van der Waals surface area contributed by atoms with E-state index in [9.17, 15) is 4.79 Å². The molecular weight excluding hydrogens is 350 g/mol. The molecular formula is C16H22ClN3O3S. The maximum absolute atomic E-state index is 11.9. The smallest absolute Gasteiger partial charge is 0.252 e. The lowest BCUT2D eigenvalue weighted by atomic mass is 10.1. The molecule has 0 bridgehead atoms. The second kappa shape index (κ2) is 9.46. The van der Waals surface area contributed by atoms with Crippen LogP contribution in [-0.2, 0) is 6.54 Å². The molecule has 0 spiro atoms. The number of nitrogens with one attached hydrogen (secondary N) is 2. The van der Waals surface area contributed by atoms with Crippen LogP contribution in [0.15, 0.2) is 29.1 Å². The summed E-state index contributed by atoms with van der Waals surface area (Å²) < 4.78 is 13.0. The fourth-order valence-corrected chi connectivity index (χ4v) is 2.68. The Morgan fingerprint density at radius 2 is 2.00 bits per heavy atom. The van der Waals surface area contributed by atoms with E-state index in [2.05, 4.69) is 10.3 Å². The molecule has 0 atom stereocenters. The first-order chi connectivity index (χ1) is 11.1. The Hall–Kier alpha value is -1.83. The van der Waals surface area contributed by atoms with Crippen LogP contribution < -0.4 is 20.3 Å². The predicted molar refractivity (Wildman–Crippen MR) is 100 cm³/mol. The molecule has 0 fully saturated rings. The largest absolute Gasteiger partial charge is 0.497 e. The van der Waals surface area contributed by atoms with Gasteiger partial charge in [-0.1, -0.05) is 0 Å². The maximum Gasteiger partial charge on any atom is 0.252 e. The van der Waals surface area contributed by atoms with Crippen LogP contribution >= 0.6 is 24.6 Å². The third-order valence-electron chi connectivity index (χ3n) is 3.53. The van der Waals surface area contributed by atoms with Crippen LogP contribution in [0.5, 0.6) is 11.5 Å². The Labute approximate surface area is 152 Å². The summed E-state index contributed by atoms with van der Waals surface area (Å²) in [5.41, 5.74) is 1.30. The van der Waals surface area contributed by atoms with Gasteiger partial charge >= 0.3 is 0 Å². The van der Waals surface area contributed by atoms with Crippen molar-refractivity contribution in [1.29, 1.82) is 0 Å². The highest BCUT2D eigenvalue weighted by atomic mass is 35.5. The van der Waals surface area contributed by atoms with Crippen LogP contribution in [0, 0.1) is 4.77 Å². The minimum absolute atomic E-state index is 0. The van der Waals surface area contributed by atoms with Gasteiger partial charge in [0.15, 0.2) is 4.77 Å². The summed E-state index contributed by atoms with van der Waals surface area (Å²) in [6.45, 7) is 1.56. The first kappa shape index (κ1) is 20.2. The number of hydrogen-bond acceptors (Lipinski definition) is 5. The van der Waals surface area contributed by atoms with E-state index in [4.69, 9.17) is 21.7 Å². The van der Waals surface area contributed by atoms with Crippen LogP contribution in [0.3, 0.4) is 0 Å². The van der Waals surface area contributed by atoms with E-state index in [1.165, 1.54) is 0 Å². The van der Waals surface area contributed by atoms with Crippen molar-refractivity contribution < 1.29 is 9.47 Å². The predicted octanol–water partition coefficient (Wildman–Crippen LogP) is 2.62. The van der Waals surface area contributed by atoms with Gasteiger partial charge in [0.1, 0.15) is 11.5 Å². The first-order valence-corrected chi connectivity index (χ1v) is 7.72. The maximum atomic E-state index is 11.9. The van der Waals surface area contributed by atoms with Crippen molar-refractivity contribution >= 4 is 24.6 Å². The standard InChI is InChI=1S/C16H21N3O3S.ClH/c1-17-7-4-8-19-13(10-15(20)18-16(19)23)12-6-5-11(21-2)9-14(12)22-3;/h5-6,9-10,17H,4,7-8H2,1-3H3,(H,18,20,23);1H. The van der Waals surface area contributed by atoms with Gasteiger partial charge < -0.3 is 19.4 Å². The molecule has 0 aliphatic carbocycles. The molecule has 0 aliphatic rings. The topological polar surface area (TPSA) is 68.3 Å². The number of benzene rings is 1. The van der Waals surface area contributed by atoms with E-state index in [0.717, 1.165) is 24.2 Å². The van der Waals surface area contributed by atoms with Crippen LogP contribution in [-0.4, -0.2) is 37.4 Å². The SMILES string of the molecule is CNCCCn1c(-c2ccc(OC)cc2OC)cc(=O)[nH]c1=S.Cl. The molecule has 2 N–H and O–H groups in total. The third-order valence-corrected chi connectivity index (χ3v) is 3.85. The van der Waals surface area contributed by atoms with Gasteiger partial charge in [-0.2, -0.15) is 0 Å². The van der Waals surface area contributed by atoms with Gasteiger partial charge in [-0.15, -0.1) is 12.4 Å². The molecule has 0 unspecified atom stereocenters. The molecule has 24 heavy (non-hydrogen) atoms. The second-order valence-corrected chi connectivity index (χ2v) is 5.39. The first-order valence-electron chi connectivity index (χ1n) is 7.32. The molecule has 2 aromatic rings. The number of aromatic nitrogens is 2. The zero-order valence-electron chi connectivity index (χ0n) is 13.9. The third kappa shape index (κ3) is 4.59. The van der Waals surface area contributed by atoms with Crippen molar-refractivity contribution in [3.8, 4) is 22.8 Å². The molecule has 0 saturated carbocycles. The Morgan fingerprint density at radius 3 is 2.62 bits per heavy atom. The number of nitrogens with zero attached hydrogens (tertiary/aromatic N) is 1. The summed E-state index contributed by atoms with van der Waals surface area (Å²) in [7, 11) is 5.09. The van der Waals surface area contributed by atoms with Crippen molar-refractivity contribution in [3.05, 3.63) is 39.4 Å². The molecule has 0 radical (unpaired) electrons.